The molecule has 21 heavy (non-hydrogen) atoms. The molecule has 3 nitrogen and oxygen atoms in total. The third-order valence-electron chi connectivity index (χ3n) is 2.98. The van der Waals surface area contributed by atoms with Gasteiger partial charge in [-0.25, -0.2) is 0 Å². The van der Waals surface area contributed by atoms with Crippen molar-refractivity contribution in [2.75, 3.05) is 11.6 Å². The van der Waals surface area contributed by atoms with Gasteiger partial charge in [-0.2, -0.15) is 0 Å². The third-order valence-corrected chi connectivity index (χ3v) is 3.80. The van der Waals surface area contributed by atoms with E-state index in [-0.39, 0.29) is 5.91 Å². The number of thioether (sulfide) groups is 1. The van der Waals surface area contributed by atoms with Crippen molar-refractivity contribution in [2.24, 2.45) is 0 Å². The van der Waals surface area contributed by atoms with Crippen LogP contribution in [0, 0.1) is 6.92 Å². The van der Waals surface area contributed by atoms with E-state index in [4.69, 9.17) is 4.74 Å². The number of hydrogen-bond donors (Lipinski definition) is 1. The van der Waals surface area contributed by atoms with Crippen molar-refractivity contribution in [3.05, 3.63) is 61.0 Å². The number of carbonyl (C=O) groups is 1. The van der Waals surface area contributed by atoms with E-state index in [1.54, 1.807) is 18.7 Å². The summed E-state index contributed by atoms with van der Waals surface area (Å²) in [5.41, 5.74) is 1.70. The highest BCUT2D eigenvalue weighted by molar-refractivity contribution is 7.98. The van der Waals surface area contributed by atoms with Crippen molar-refractivity contribution >= 4 is 23.4 Å². The van der Waals surface area contributed by atoms with Gasteiger partial charge in [0.2, 0.25) is 0 Å². The Morgan fingerprint density at radius 3 is 2.62 bits per heavy atom. The lowest BCUT2D eigenvalue weighted by atomic mass is 10.2. The van der Waals surface area contributed by atoms with Crippen LogP contribution in [0.1, 0.15) is 12.5 Å². The topological polar surface area (TPSA) is 38.3 Å². The average molecular weight is 300 g/mol. The summed E-state index contributed by atoms with van der Waals surface area (Å²) < 4.78 is 5.60. The van der Waals surface area contributed by atoms with Gasteiger partial charge < -0.3 is 10.1 Å². The van der Waals surface area contributed by atoms with Crippen LogP contribution in [-0.2, 0) is 4.79 Å². The van der Waals surface area contributed by atoms with E-state index < -0.39 is 6.10 Å². The Labute approximate surface area is 129 Å². The molecular weight excluding hydrogens is 282 g/mol. The molecule has 0 aromatic heterocycles. The van der Waals surface area contributed by atoms with Crippen LogP contribution >= 0.6 is 11.8 Å². The Morgan fingerprint density at radius 2 is 1.95 bits per heavy atom. The number of amides is 1. The van der Waals surface area contributed by atoms with Gasteiger partial charge in [-0.1, -0.05) is 24.3 Å². The summed E-state index contributed by atoms with van der Waals surface area (Å²) in [6, 6.07) is 15.0. The maximum atomic E-state index is 12.1. The molecule has 0 aliphatic carbocycles. The first-order valence-corrected chi connectivity index (χ1v) is 7.85. The fraction of sp³-hybridized carbons (Fsp3) is 0.176. The second-order valence-corrected chi connectivity index (χ2v) is 5.44. The molecule has 1 atom stereocenters. The highest BCUT2D eigenvalue weighted by Gasteiger charge is 2.15. The lowest BCUT2D eigenvalue weighted by molar-refractivity contribution is -0.122. The quantitative estimate of drug-likeness (QED) is 0.848. The molecule has 109 valence electrons. The van der Waals surface area contributed by atoms with Gasteiger partial charge in [-0.3, -0.25) is 4.79 Å². The normalized spacial score (nSPS) is 11.8. The summed E-state index contributed by atoms with van der Waals surface area (Å²) in [7, 11) is 0. The van der Waals surface area contributed by atoms with Gasteiger partial charge in [0, 0.05) is 10.6 Å². The van der Waals surface area contributed by atoms with E-state index in [1.165, 1.54) is 0 Å². The number of anilines is 1. The maximum Gasteiger partial charge on any atom is 0.265 e. The lowest BCUT2D eigenvalue weighted by Gasteiger charge is -2.15. The molecule has 0 bridgehead atoms. The fourth-order valence-corrected chi connectivity index (χ4v) is 2.40. The highest BCUT2D eigenvalue weighted by Crippen LogP contribution is 2.23. The zero-order chi connectivity index (χ0) is 15.2. The molecule has 2 rings (SSSR count). The molecule has 0 aliphatic heterocycles. The van der Waals surface area contributed by atoms with Gasteiger partial charge in [0.05, 0.1) is 0 Å². The molecule has 4 heteroatoms. The number of rotatable bonds is 5. The van der Waals surface area contributed by atoms with Crippen molar-refractivity contribution < 1.29 is 9.53 Å². The summed E-state index contributed by atoms with van der Waals surface area (Å²) in [5.74, 6) is 0.501. The molecule has 0 saturated heterocycles. The predicted octanol–water partition coefficient (Wildman–Crippen LogP) is 4.00. The van der Waals surface area contributed by atoms with E-state index in [9.17, 15) is 4.79 Å². The molecule has 0 aliphatic rings. The number of para-hydroxylation sites is 1. The number of ether oxygens (including phenoxy) is 1. The Morgan fingerprint density at radius 1 is 1.24 bits per heavy atom. The van der Waals surface area contributed by atoms with Crippen molar-refractivity contribution in [1.82, 2.24) is 0 Å². The largest absolute Gasteiger partial charge is 0.481 e. The Balaban J connectivity index is 2.00. The standard InChI is InChI=1S/C17H18NO2S/c1-12-9-10-14(11-16(12)21-3)18-17(19)13(2)20-15-7-5-4-6-8-15/h4-11,13H,1H2,2-3H3,(H,18,19). The minimum atomic E-state index is -0.565. The van der Waals surface area contributed by atoms with Crippen molar-refractivity contribution in [1.29, 1.82) is 0 Å². The van der Waals surface area contributed by atoms with Gasteiger partial charge >= 0.3 is 0 Å². The minimum absolute atomic E-state index is 0.178. The van der Waals surface area contributed by atoms with Crippen LogP contribution in [0.25, 0.3) is 0 Å². The summed E-state index contributed by atoms with van der Waals surface area (Å²) in [5, 5.41) is 2.86. The summed E-state index contributed by atoms with van der Waals surface area (Å²) >= 11 is 1.60. The van der Waals surface area contributed by atoms with Crippen LogP contribution in [0.15, 0.2) is 53.4 Å². The van der Waals surface area contributed by atoms with Crippen LogP contribution in [0.3, 0.4) is 0 Å². The molecule has 1 amide bonds. The number of benzene rings is 2. The molecule has 1 unspecified atom stereocenters. The molecule has 1 radical (unpaired) electrons. The number of nitrogens with one attached hydrogen (secondary N) is 1. The van der Waals surface area contributed by atoms with E-state index in [1.807, 2.05) is 54.8 Å². The van der Waals surface area contributed by atoms with Crippen LogP contribution < -0.4 is 10.1 Å². The molecule has 0 fully saturated rings. The van der Waals surface area contributed by atoms with Gasteiger partial charge in [0.15, 0.2) is 6.10 Å². The van der Waals surface area contributed by atoms with Gasteiger partial charge in [-0.15, -0.1) is 11.8 Å². The molecule has 0 heterocycles. The van der Waals surface area contributed by atoms with Gasteiger partial charge in [-0.05, 0) is 49.9 Å². The second kappa shape index (κ2) is 7.18. The third kappa shape index (κ3) is 4.26. The van der Waals surface area contributed by atoms with Gasteiger partial charge in [0.1, 0.15) is 5.75 Å². The maximum absolute atomic E-state index is 12.1. The van der Waals surface area contributed by atoms with Crippen molar-refractivity contribution in [2.45, 2.75) is 17.9 Å². The van der Waals surface area contributed by atoms with E-state index in [2.05, 4.69) is 12.2 Å². The fourth-order valence-electron chi connectivity index (χ4n) is 1.82. The SMILES string of the molecule is [CH2]c1ccc(NC(=O)C(C)Oc2ccccc2)cc1SC. The Kier molecular flexibility index (Phi) is 5.28. The monoisotopic (exact) mass is 300 g/mol. The Bertz CT molecular complexity index is 613. The summed E-state index contributed by atoms with van der Waals surface area (Å²) in [6.45, 7) is 5.67. The highest BCUT2D eigenvalue weighted by atomic mass is 32.2. The van der Waals surface area contributed by atoms with Crippen LogP contribution in [0.5, 0.6) is 5.75 Å². The molecule has 2 aromatic rings. The van der Waals surface area contributed by atoms with Crippen LogP contribution in [-0.4, -0.2) is 18.3 Å². The zero-order valence-electron chi connectivity index (χ0n) is 12.1. The molecule has 0 spiro atoms. The first-order chi connectivity index (χ1) is 10.1. The summed E-state index contributed by atoms with van der Waals surface area (Å²) in [6.07, 6.45) is 1.42. The first kappa shape index (κ1) is 15.4. The van der Waals surface area contributed by atoms with Crippen LogP contribution in [0.2, 0.25) is 0 Å². The number of hydrogen-bond acceptors (Lipinski definition) is 3. The number of carbonyl (C=O) groups excluding carboxylic acids is 1. The first-order valence-electron chi connectivity index (χ1n) is 6.62. The van der Waals surface area contributed by atoms with Gasteiger partial charge in [0.25, 0.3) is 5.91 Å². The molecular formula is C17H18NO2S. The van der Waals surface area contributed by atoms with Crippen molar-refractivity contribution in [3.63, 3.8) is 0 Å². The van der Waals surface area contributed by atoms with E-state index in [0.717, 1.165) is 16.1 Å². The second-order valence-electron chi connectivity index (χ2n) is 4.59. The van der Waals surface area contributed by atoms with E-state index >= 15 is 0 Å². The van der Waals surface area contributed by atoms with Crippen molar-refractivity contribution in [3.8, 4) is 5.75 Å². The zero-order valence-corrected chi connectivity index (χ0v) is 12.9. The Hall–Kier alpha value is -1.94. The van der Waals surface area contributed by atoms with E-state index in [0.29, 0.717) is 5.75 Å². The molecule has 2 aromatic carbocycles. The van der Waals surface area contributed by atoms with Crippen LogP contribution in [0.4, 0.5) is 5.69 Å². The summed E-state index contributed by atoms with van der Waals surface area (Å²) in [4.78, 5) is 13.2. The smallest absolute Gasteiger partial charge is 0.265 e. The molecule has 1 N–H and O–H groups in total. The lowest BCUT2D eigenvalue weighted by Crippen LogP contribution is -2.30. The average Bonchev–Trinajstić information content (AvgIpc) is 2.50. The molecule has 0 saturated carbocycles. The minimum Gasteiger partial charge on any atom is -0.481 e. The predicted molar refractivity (Wildman–Crippen MR) is 87.8 cm³/mol.